The molecule has 6 nitrogen and oxygen atoms in total. The van der Waals surface area contributed by atoms with Gasteiger partial charge in [-0.15, -0.1) is 0 Å². The summed E-state index contributed by atoms with van der Waals surface area (Å²) in [6.45, 7) is 0. The minimum atomic E-state index is -0.400. The molecule has 4 N–H and O–H groups in total. The molecule has 19 heavy (non-hydrogen) atoms. The smallest absolute Gasteiger partial charge is 0.255 e. The van der Waals surface area contributed by atoms with Gasteiger partial charge in [0.05, 0.1) is 18.5 Å². The van der Waals surface area contributed by atoms with Gasteiger partial charge in [-0.2, -0.15) is 0 Å². The van der Waals surface area contributed by atoms with E-state index in [4.69, 9.17) is 10.5 Å². The van der Waals surface area contributed by atoms with Crippen LogP contribution < -0.4 is 21.3 Å². The van der Waals surface area contributed by atoms with Crippen LogP contribution in [0.25, 0.3) is 0 Å². The summed E-state index contributed by atoms with van der Waals surface area (Å²) < 4.78 is 5.02. The van der Waals surface area contributed by atoms with Crippen LogP contribution in [0.4, 0.5) is 11.4 Å². The zero-order valence-electron chi connectivity index (χ0n) is 10.3. The molecule has 1 heterocycles. The van der Waals surface area contributed by atoms with Crippen molar-refractivity contribution in [3.8, 4) is 5.75 Å². The zero-order valence-corrected chi connectivity index (χ0v) is 10.3. The molecule has 2 rings (SSSR count). The number of anilines is 2. The van der Waals surface area contributed by atoms with Crippen LogP contribution >= 0.6 is 0 Å². The predicted molar refractivity (Wildman–Crippen MR) is 72.4 cm³/mol. The van der Waals surface area contributed by atoms with E-state index in [1.54, 1.807) is 18.2 Å². The Morgan fingerprint density at radius 3 is 2.74 bits per heavy atom. The molecule has 0 saturated heterocycles. The van der Waals surface area contributed by atoms with E-state index in [0.717, 1.165) is 0 Å². The van der Waals surface area contributed by atoms with Crippen molar-refractivity contribution in [2.45, 2.75) is 0 Å². The molecule has 2 aromatic rings. The SMILES string of the molecule is COc1ccc(NC(=O)c2cc[nH]c(=O)c2)c(N)c1. The second-order valence-corrected chi connectivity index (χ2v) is 3.85. The van der Waals surface area contributed by atoms with Gasteiger partial charge in [-0.1, -0.05) is 0 Å². The van der Waals surface area contributed by atoms with Crippen LogP contribution in [-0.4, -0.2) is 18.0 Å². The lowest BCUT2D eigenvalue weighted by molar-refractivity contribution is 0.102. The monoisotopic (exact) mass is 259 g/mol. The lowest BCUT2D eigenvalue weighted by Gasteiger charge is -2.09. The molecule has 0 saturated carbocycles. The molecule has 98 valence electrons. The fourth-order valence-electron chi connectivity index (χ4n) is 1.56. The first-order valence-electron chi connectivity index (χ1n) is 5.54. The highest BCUT2D eigenvalue weighted by Gasteiger charge is 2.09. The van der Waals surface area contributed by atoms with Gasteiger partial charge in [-0.3, -0.25) is 9.59 Å². The number of pyridine rings is 1. The number of ether oxygens (including phenoxy) is 1. The quantitative estimate of drug-likeness (QED) is 0.722. The van der Waals surface area contributed by atoms with Gasteiger partial charge in [-0.25, -0.2) is 0 Å². The van der Waals surface area contributed by atoms with Crippen molar-refractivity contribution in [1.82, 2.24) is 4.98 Å². The zero-order chi connectivity index (χ0) is 13.8. The summed E-state index contributed by atoms with van der Waals surface area (Å²) in [5.74, 6) is 0.203. The van der Waals surface area contributed by atoms with Crippen molar-refractivity contribution in [2.75, 3.05) is 18.2 Å². The number of methoxy groups -OCH3 is 1. The average Bonchev–Trinajstić information content (AvgIpc) is 2.41. The van der Waals surface area contributed by atoms with Crippen LogP contribution in [0, 0.1) is 0 Å². The molecule has 0 spiro atoms. The van der Waals surface area contributed by atoms with E-state index in [1.165, 1.54) is 25.4 Å². The third-order valence-corrected chi connectivity index (χ3v) is 2.54. The maximum absolute atomic E-state index is 11.9. The highest BCUT2D eigenvalue weighted by molar-refractivity contribution is 6.05. The van der Waals surface area contributed by atoms with Gasteiger partial charge in [-0.05, 0) is 18.2 Å². The van der Waals surface area contributed by atoms with Gasteiger partial charge in [0.2, 0.25) is 5.56 Å². The van der Waals surface area contributed by atoms with E-state index in [1.807, 2.05) is 0 Å². The summed E-state index contributed by atoms with van der Waals surface area (Å²) in [5.41, 5.74) is 6.57. The first kappa shape index (κ1) is 12.7. The van der Waals surface area contributed by atoms with E-state index in [0.29, 0.717) is 17.1 Å². The van der Waals surface area contributed by atoms with E-state index in [2.05, 4.69) is 10.3 Å². The highest BCUT2D eigenvalue weighted by Crippen LogP contribution is 2.24. The predicted octanol–water partition coefficient (Wildman–Crippen LogP) is 1.22. The summed E-state index contributed by atoms with van der Waals surface area (Å²) >= 11 is 0. The Balaban J connectivity index is 2.22. The Hall–Kier alpha value is -2.76. The molecular formula is C13H13N3O3. The van der Waals surface area contributed by atoms with Crippen molar-refractivity contribution < 1.29 is 9.53 Å². The Bertz CT molecular complexity index is 664. The van der Waals surface area contributed by atoms with E-state index < -0.39 is 5.91 Å². The van der Waals surface area contributed by atoms with Crippen molar-refractivity contribution in [2.24, 2.45) is 0 Å². The van der Waals surface area contributed by atoms with Gasteiger partial charge in [0.25, 0.3) is 5.91 Å². The van der Waals surface area contributed by atoms with Crippen LogP contribution in [0.1, 0.15) is 10.4 Å². The summed E-state index contributed by atoms with van der Waals surface area (Å²) in [5, 5.41) is 2.63. The standard InChI is InChI=1S/C13H13N3O3/c1-19-9-2-3-11(10(14)7-9)16-13(18)8-4-5-15-12(17)6-8/h2-7H,14H2,1H3,(H,15,17)(H,16,18). The van der Waals surface area contributed by atoms with Gasteiger partial charge in [0.1, 0.15) is 5.75 Å². The number of nitrogens with one attached hydrogen (secondary N) is 2. The average molecular weight is 259 g/mol. The third-order valence-electron chi connectivity index (χ3n) is 2.54. The minimum absolute atomic E-state index is 0.263. The number of nitrogen functional groups attached to an aromatic ring is 1. The molecule has 6 heteroatoms. The van der Waals surface area contributed by atoms with Gasteiger partial charge >= 0.3 is 0 Å². The van der Waals surface area contributed by atoms with Crippen molar-refractivity contribution in [3.63, 3.8) is 0 Å². The Labute approximate surface area is 109 Å². The van der Waals surface area contributed by atoms with Crippen molar-refractivity contribution in [3.05, 3.63) is 52.4 Å². The van der Waals surface area contributed by atoms with Crippen LogP contribution in [0.3, 0.4) is 0 Å². The van der Waals surface area contributed by atoms with Gasteiger partial charge in [0.15, 0.2) is 0 Å². The normalized spacial score (nSPS) is 9.95. The van der Waals surface area contributed by atoms with Gasteiger partial charge in [0, 0.05) is 23.9 Å². The summed E-state index contributed by atoms with van der Waals surface area (Å²) in [4.78, 5) is 25.5. The Morgan fingerprint density at radius 2 is 2.11 bits per heavy atom. The summed E-state index contributed by atoms with van der Waals surface area (Å²) in [7, 11) is 1.53. The molecule has 1 aromatic carbocycles. The minimum Gasteiger partial charge on any atom is -0.497 e. The molecule has 0 atom stereocenters. The van der Waals surface area contributed by atoms with E-state index in [-0.39, 0.29) is 11.1 Å². The lowest BCUT2D eigenvalue weighted by Crippen LogP contribution is -2.16. The Morgan fingerprint density at radius 1 is 1.32 bits per heavy atom. The summed E-state index contributed by atoms with van der Waals surface area (Å²) in [6.07, 6.45) is 1.41. The fourth-order valence-corrected chi connectivity index (χ4v) is 1.56. The first-order chi connectivity index (χ1) is 9.10. The second kappa shape index (κ2) is 5.26. The number of hydrogen-bond acceptors (Lipinski definition) is 4. The molecule has 0 radical (unpaired) electrons. The van der Waals surface area contributed by atoms with Crippen molar-refractivity contribution >= 4 is 17.3 Å². The number of hydrogen-bond donors (Lipinski definition) is 3. The van der Waals surface area contributed by atoms with Crippen LogP contribution in [0.5, 0.6) is 5.75 Å². The molecule has 1 aromatic heterocycles. The molecular weight excluding hydrogens is 246 g/mol. The first-order valence-corrected chi connectivity index (χ1v) is 5.54. The topological polar surface area (TPSA) is 97.2 Å². The summed E-state index contributed by atoms with van der Waals surface area (Å²) in [6, 6.07) is 7.65. The number of nitrogens with two attached hydrogens (primary N) is 1. The molecule has 0 bridgehead atoms. The van der Waals surface area contributed by atoms with E-state index in [9.17, 15) is 9.59 Å². The number of rotatable bonds is 3. The number of aromatic nitrogens is 1. The second-order valence-electron chi connectivity index (χ2n) is 3.85. The molecule has 1 amide bonds. The van der Waals surface area contributed by atoms with Crippen molar-refractivity contribution in [1.29, 1.82) is 0 Å². The van der Waals surface area contributed by atoms with Crippen LogP contribution in [0.15, 0.2) is 41.3 Å². The molecule has 0 aliphatic heterocycles. The van der Waals surface area contributed by atoms with Crippen LogP contribution in [0.2, 0.25) is 0 Å². The Kier molecular flexibility index (Phi) is 3.51. The number of H-pyrrole nitrogens is 1. The lowest BCUT2D eigenvalue weighted by atomic mass is 10.2. The highest BCUT2D eigenvalue weighted by atomic mass is 16.5. The third kappa shape index (κ3) is 2.92. The number of amides is 1. The number of carbonyl (C=O) groups is 1. The molecule has 0 fully saturated rings. The number of aromatic amines is 1. The maximum Gasteiger partial charge on any atom is 0.255 e. The molecule has 0 unspecified atom stereocenters. The number of carbonyl (C=O) groups excluding carboxylic acids is 1. The number of benzene rings is 1. The largest absolute Gasteiger partial charge is 0.497 e. The fraction of sp³-hybridized carbons (Fsp3) is 0.0769. The maximum atomic E-state index is 11.9. The van der Waals surface area contributed by atoms with Crippen LogP contribution in [-0.2, 0) is 0 Å². The van der Waals surface area contributed by atoms with E-state index >= 15 is 0 Å². The molecule has 0 aliphatic carbocycles. The molecule has 0 aliphatic rings. The van der Waals surface area contributed by atoms with Gasteiger partial charge < -0.3 is 20.8 Å².